The molecule has 0 aliphatic rings. The minimum atomic E-state index is 0.459. The first-order valence-electron chi connectivity index (χ1n) is 5.95. The first-order chi connectivity index (χ1) is 8.17. The largest absolute Gasteiger partial charge is 0.492 e. The van der Waals surface area contributed by atoms with Crippen molar-refractivity contribution < 1.29 is 4.74 Å². The Bertz CT molecular complexity index is 344. The number of benzene rings is 1. The second-order valence-corrected chi connectivity index (χ2v) is 5.00. The molecule has 0 spiro atoms. The van der Waals surface area contributed by atoms with E-state index in [0.29, 0.717) is 18.3 Å². The maximum absolute atomic E-state index is 5.83. The van der Waals surface area contributed by atoms with Crippen LogP contribution in [0.4, 0.5) is 11.4 Å². The van der Waals surface area contributed by atoms with Gasteiger partial charge in [-0.15, -0.1) is 0 Å². The Morgan fingerprint density at radius 1 is 1.47 bits per heavy atom. The van der Waals surface area contributed by atoms with Gasteiger partial charge < -0.3 is 15.8 Å². The predicted molar refractivity (Wildman–Crippen MR) is 78.1 cm³/mol. The molecular formula is C13H22N2OS. The highest BCUT2D eigenvalue weighted by atomic mass is 32.2. The van der Waals surface area contributed by atoms with Gasteiger partial charge in [0, 0.05) is 17.8 Å². The van der Waals surface area contributed by atoms with Gasteiger partial charge in [-0.2, -0.15) is 11.8 Å². The molecule has 1 unspecified atom stereocenters. The van der Waals surface area contributed by atoms with E-state index in [1.807, 2.05) is 36.9 Å². The van der Waals surface area contributed by atoms with Crippen molar-refractivity contribution in [2.45, 2.75) is 26.3 Å². The normalized spacial score (nSPS) is 12.2. The van der Waals surface area contributed by atoms with Crippen LogP contribution in [0, 0.1) is 0 Å². The van der Waals surface area contributed by atoms with Crippen molar-refractivity contribution in [2.75, 3.05) is 29.7 Å². The molecule has 1 rings (SSSR count). The summed E-state index contributed by atoms with van der Waals surface area (Å²) in [5.74, 6) is 1.93. The molecule has 0 aliphatic heterocycles. The fourth-order valence-corrected chi connectivity index (χ4v) is 2.15. The molecule has 0 saturated heterocycles. The molecular weight excluding hydrogens is 232 g/mol. The third-order valence-corrected chi connectivity index (χ3v) is 3.13. The molecule has 0 aromatic heterocycles. The molecule has 3 nitrogen and oxygen atoms in total. The van der Waals surface area contributed by atoms with Crippen LogP contribution < -0.4 is 15.8 Å². The molecule has 0 aliphatic carbocycles. The summed E-state index contributed by atoms with van der Waals surface area (Å²) >= 11 is 1.87. The van der Waals surface area contributed by atoms with E-state index in [0.717, 1.165) is 17.9 Å². The lowest BCUT2D eigenvalue weighted by Gasteiger charge is -2.16. The quantitative estimate of drug-likeness (QED) is 0.733. The number of hydrogen-bond acceptors (Lipinski definition) is 4. The van der Waals surface area contributed by atoms with Crippen LogP contribution in [0.5, 0.6) is 5.75 Å². The highest BCUT2D eigenvalue weighted by Crippen LogP contribution is 2.26. The summed E-state index contributed by atoms with van der Waals surface area (Å²) in [6.07, 6.45) is 3.28. The molecule has 0 heterocycles. The number of nitrogen functional groups attached to an aromatic ring is 1. The number of hydrogen-bond donors (Lipinski definition) is 2. The molecule has 17 heavy (non-hydrogen) atoms. The maximum atomic E-state index is 5.83. The first kappa shape index (κ1) is 14.0. The van der Waals surface area contributed by atoms with Crippen LogP contribution >= 0.6 is 11.8 Å². The minimum absolute atomic E-state index is 0.459. The lowest BCUT2D eigenvalue weighted by atomic mass is 10.2. The SMILES string of the molecule is CCOc1cc(NC(C)CCSC)ccc1N. The van der Waals surface area contributed by atoms with E-state index in [4.69, 9.17) is 10.5 Å². The summed E-state index contributed by atoms with van der Waals surface area (Å²) in [5.41, 5.74) is 7.59. The van der Waals surface area contributed by atoms with Crippen LogP contribution in [-0.2, 0) is 0 Å². The van der Waals surface area contributed by atoms with E-state index in [9.17, 15) is 0 Å². The van der Waals surface area contributed by atoms with Gasteiger partial charge in [0.25, 0.3) is 0 Å². The summed E-state index contributed by atoms with van der Waals surface area (Å²) in [4.78, 5) is 0. The number of ether oxygens (including phenoxy) is 1. The van der Waals surface area contributed by atoms with Gasteiger partial charge in [0.15, 0.2) is 0 Å². The van der Waals surface area contributed by atoms with Gasteiger partial charge in [0.05, 0.1) is 12.3 Å². The Morgan fingerprint density at radius 3 is 2.88 bits per heavy atom. The van der Waals surface area contributed by atoms with Crippen LogP contribution in [0.2, 0.25) is 0 Å². The Morgan fingerprint density at radius 2 is 2.24 bits per heavy atom. The zero-order valence-electron chi connectivity index (χ0n) is 10.8. The van der Waals surface area contributed by atoms with Gasteiger partial charge in [0.1, 0.15) is 5.75 Å². The fraction of sp³-hybridized carbons (Fsp3) is 0.538. The van der Waals surface area contributed by atoms with Crippen LogP contribution in [0.15, 0.2) is 18.2 Å². The molecule has 96 valence electrons. The molecule has 1 atom stereocenters. The van der Waals surface area contributed by atoms with E-state index in [-0.39, 0.29) is 0 Å². The number of thioether (sulfide) groups is 1. The zero-order chi connectivity index (χ0) is 12.7. The number of rotatable bonds is 7. The van der Waals surface area contributed by atoms with Crippen molar-refractivity contribution in [3.63, 3.8) is 0 Å². The molecule has 1 aromatic rings. The highest BCUT2D eigenvalue weighted by molar-refractivity contribution is 7.98. The lowest BCUT2D eigenvalue weighted by molar-refractivity contribution is 0.342. The highest BCUT2D eigenvalue weighted by Gasteiger charge is 2.05. The average molecular weight is 254 g/mol. The van der Waals surface area contributed by atoms with E-state index >= 15 is 0 Å². The number of anilines is 2. The summed E-state index contributed by atoms with van der Waals surface area (Å²) in [7, 11) is 0. The first-order valence-corrected chi connectivity index (χ1v) is 7.34. The van der Waals surface area contributed by atoms with Gasteiger partial charge >= 0.3 is 0 Å². The zero-order valence-corrected chi connectivity index (χ0v) is 11.6. The van der Waals surface area contributed by atoms with Gasteiger partial charge in [-0.3, -0.25) is 0 Å². The Balaban J connectivity index is 2.61. The second kappa shape index (κ2) is 7.33. The van der Waals surface area contributed by atoms with Crippen molar-refractivity contribution in [3.8, 4) is 5.75 Å². The summed E-state index contributed by atoms with van der Waals surface area (Å²) in [6.45, 7) is 4.78. The number of nitrogens with two attached hydrogens (primary N) is 1. The molecule has 1 aromatic carbocycles. The molecule has 0 amide bonds. The van der Waals surface area contributed by atoms with Gasteiger partial charge in [-0.05, 0) is 44.4 Å². The van der Waals surface area contributed by atoms with E-state index in [2.05, 4.69) is 18.5 Å². The van der Waals surface area contributed by atoms with Gasteiger partial charge in [0.2, 0.25) is 0 Å². The topological polar surface area (TPSA) is 47.3 Å². The molecule has 3 N–H and O–H groups in total. The molecule has 0 bridgehead atoms. The summed E-state index contributed by atoms with van der Waals surface area (Å²) in [6, 6.07) is 6.30. The predicted octanol–water partition coefficient (Wildman–Crippen LogP) is 3.22. The standard InChI is InChI=1S/C13H22N2OS/c1-4-16-13-9-11(5-6-12(13)14)15-10(2)7-8-17-3/h5-6,9-10,15H,4,7-8,14H2,1-3H3. The van der Waals surface area contributed by atoms with E-state index in [1.165, 1.54) is 5.75 Å². The van der Waals surface area contributed by atoms with Crippen LogP contribution in [0.1, 0.15) is 20.3 Å². The van der Waals surface area contributed by atoms with Crippen LogP contribution in [-0.4, -0.2) is 24.7 Å². The van der Waals surface area contributed by atoms with Crippen molar-refractivity contribution in [1.82, 2.24) is 0 Å². The molecule has 0 saturated carbocycles. The summed E-state index contributed by atoms with van der Waals surface area (Å²) < 4.78 is 5.47. The summed E-state index contributed by atoms with van der Waals surface area (Å²) in [5, 5.41) is 3.45. The van der Waals surface area contributed by atoms with Crippen molar-refractivity contribution >= 4 is 23.1 Å². The third kappa shape index (κ3) is 4.77. The third-order valence-electron chi connectivity index (χ3n) is 2.48. The molecule has 0 fully saturated rings. The Kier molecular flexibility index (Phi) is 6.05. The van der Waals surface area contributed by atoms with Crippen LogP contribution in [0.3, 0.4) is 0 Å². The van der Waals surface area contributed by atoms with E-state index in [1.54, 1.807) is 0 Å². The maximum Gasteiger partial charge on any atom is 0.144 e. The van der Waals surface area contributed by atoms with Crippen molar-refractivity contribution in [3.05, 3.63) is 18.2 Å². The Labute approximate surface area is 108 Å². The average Bonchev–Trinajstić information content (AvgIpc) is 2.31. The monoisotopic (exact) mass is 254 g/mol. The number of nitrogens with one attached hydrogen (secondary N) is 1. The van der Waals surface area contributed by atoms with Crippen molar-refractivity contribution in [2.24, 2.45) is 0 Å². The smallest absolute Gasteiger partial charge is 0.144 e. The Hall–Kier alpha value is -1.03. The minimum Gasteiger partial charge on any atom is -0.492 e. The van der Waals surface area contributed by atoms with E-state index < -0.39 is 0 Å². The lowest BCUT2D eigenvalue weighted by Crippen LogP contribution is -2.16. The fourth-order valence-electron chi connectivity index (χ4n) is 1.56. The second-order valence-electron chi connectivity index (χ2n) is 4.01. The molecule has 0 radical (unpaired) electrons. The molecule has 4 heteroatoms. The van der Waals surface area contributed by atoms with Crippen LogP contribution in [0.25, 0.3) is 0 Å². The van der Waals surface area contributed by atoms with Gasteiger partial charge in [-0.1, -0.05) is 0 Å². The van der Waals surface area contributed by atoms with Crippen molar-refractivity contribution in [1.29, 1.82) is 0 Å². The van der Waals surface area contributed by atoms with Gasteiger partial charge in [-0.25, -0.2) is 0 Å².